The second-order valence-electron chi connectivity index (χ2n) is 5.24. The van der Waals surface area contributed by atoms with Crippen molar-refractivity contribution in [1.29, 1.82) is 0 Å². The average Bonchev–Trinajstić information content (AvgIpc) is 2.52. The first-order chi connectivity index (χ1) is 10.6. The monoisotopic (exact) mass is 312 g/mol. The molecule has 0 atom stereocenters. The SMILES string of the molecule is CCN(CC)C(N)=NCCCCCCN=C(N)N(CC)CC. The average molecular weight is 313 g/mol. The molecule has 6 heteroatoms. The Hall–Kier alpha value is -1.46. The van der Waals surface area contributed by atoms with E-state index in [-0.39, 0.29) is 0 Å². The van der Waals surface area contributed by atoms with Crippen molar-refractivity contribution in [3.05, 3.63) is 0 Å². The maximum absolute atomic E-state index is 5.93. The van der Waals surface area contributed by atoms with Crippen LogP contribution in [-0.4, -0.2) is 61.0 Å². The van der Waals surface area contributed by atoms with Crippen LogP contribution in [-0.2, 0) is 0 Å². The summed E-state index contributed by atoms with van der Waals surface area (Å²) < 4.78 is 0. The van der Waals surface area contributed by atoms with E-state index in [0.717, 1.165) is 65.0 Å². The van der Waals surface area contributed by atoms with Crippen molar-refractivity contribution in [2.24, 2.45) is 21.5 Å². The first-order valence-electron chi connectivity index (χ1n) is 8.70. The molecule has 0 bridgehead atoms. The molecule has 0 rings (SSSR count). The van der Waals surface area contributed by atoms with Gasteiger partial charge in [0.1, 0.15) is 0 Å². The summed E-state index contributed by atoms with van der Waals surface area (Å²) in [6.45, 7) is 13.7. The molecule has 0 saturated heterocycles. The molecule has 0 aromatic carbocycles. The zero-order valence-electron chi connectivity index (χ0n) is 15.0. The highest BCUT2D eigenvalue weighted by Gasteiger charge is 2.02. The molecule has 0 aliphatic heterocycles. The van der Waals surface area contributed by atoms with Crippen molar-refractivity contribution < 1.29 is 0 Å². The summed E-state index contributed by atoms with van der Waals surface area (Å²) in [7, 11) is 0. The molecule has 0 saturated carbocycles. The fraction of sp³-hybridized carbons (Fsp3) is 0.875. The minimum atomic E-state index is 0.668. The molecule has 130 valence electrons. The van der Waals surface area contributed by atoms with Crippen LogP contribution in [0.5, 0.6) is 0 Å². The molecule has 0 aliphatic carbocycles. The van der Waals surface area contributed by atoms with Crippen molar-refractivity contribution in [1.82, 2.24) is 9.80 Å². The Morgan fingerprint density at radius 2 is 0.955 bits per heavy atom. The largest absolute Gasteiger partial charge is 0.370 e. The summed E-state index contributed by atoms with van der Waals surface area (Å²) in [6, 6.07) is 0. The maximum atomic E-state index is 5.93. The number of nitrogens with zero attached hydrogens (tertiary/aromatic N) is 4. The number of guanidine groups is 2. The number of nitrogens with two attached hydrogens (primary N) is 2. The molecule has 0 fully saturated rings. The Kier molecular flexibility index (Phi) is 12.3. The van der Waals surface area contributed by atoms with E-state index in [1.54, 1.807) is 0 Å². The summed E-state index contributed by atoms with van der Waals surface area (Å²) in [5.74, 6) is 1.34. The number of rotatable bonds is 11. The Labute approximate surface area is 136 Å². The number of hydrogen-bond acceptors (Lipinski definition) is 2. The predicted octanol–water partition coefficient (Wildman–Crippen LogP) is 1.86. The molecule has 22 heavy (non-hydrogen) atoms. The van der Waals surface area contributed by atoms with Gasteiger partial charge in [-0.05, 0) is 40.5 Å². The summed E-state index contributed by atoms with van der Waals surface area (Å²) in [6.07, 6.45) is 4.49. The van der Waals surface area contributed by atoms with Crippen molar-refractivity contribution in [2.75, 3.05) is 39.3 Å². The van der Waals surface area contributed by atoms with E-state index in [2.05, 4.69) is 47.5 Å². The van der Waals surface area contributed by atoms with E-state index in [1.807, 2.05) is 0 Å². The van der Waals surface area contributed by atoms with Gasteiger partial charge in [0.05, 0.1) is 0 Å². The van der Waals surface area contributed by atoms with Crippen molar-refractivity contribution in [3.63, 3.8) is 0 Å². The highest BCUT2D eigenvalue weighted by atomic mass is 15.2. The fourth-order valence-corrected chi connectivity index (χ4v) is 2.26. The Bertz CT molecular complexity index is 287. The van der Waals surface area contributed by atoms with Crippen LogP contribution in [0, 0.1) is 0 Å². The molecule has 0 radical (unpaired) electrons. The minimum Gasteiger partial charge on any atom is -0.370 e. The van der Waals surface area contributed by atoms with Gasteiger partial charge in [-0.25, -0.2) is 0 Å². The lowest BCUT2D eigenvalue weighted by Gasteiger charge is -2.19. The van der Waals surface area contributed by atoms with Gasteiger partial charge in [0.15, 0.2) is 11.9 Å². The van der Waals surface area contributed by atoms with Gasteiger partial charge in [-0.15, -0.1) is 0 Å². The van der Waals surface area contributed by atoms with Crippen molar-refractivity contribution >= 4 is 11.9 Å². The van der Waals surface area contributed by atoms with Crippen LogP contribution >= 0.6 is 0 Å². The highest BCUT2D eigenvalue weighted by Crippen LogP contribution is 2.01. The minimum absolute atomic E-state index is 0.668. The fourth-order valence-electron chi connectivity index (χ4n) is 2.26. The van der Waals surface area contributed by atoms with Crippen molar-refractivity contribution in [3.8, 4) is 0 Å². The molecular weight excluding hydrogens is 276 g/mol. The zero-order chi connectivity index (χ0) is 16.8. The van der Waals surface area contributed by atoms with E-state index < -0.39 is 0 Å². The van der Waals surface area contributed by atoms with Crippen LogP contribution in [0.4, 0.5) is 0 Å². The lowest BCUT2D eigenvalue weighted by atomic mass is 10.2. The van der Waals surface area contributed by atoms with E-state index in [1.165, 1.54) is 0 Å². The third-order valence-corrected chi connectivity index (χ3v) is 3.79. The van der Waals surface area contributed by atoms with E-state index in [9.17, 15) is 0 Å². The molecule has 4 N–H and O–H groups in total. The quantitative estimate of drug-likeness (QED) is 0.346. The molecule has 6 nitrogen and oxygen atoms in total. The third kappa shape index (κ3) is 8.74. The lowest BCUT2D eigenvalue weighted by Crippen LogP contribution is -2.37. The number of hydrogen-bond donors (Lipinski definition) is 2. The molecule has 0 aliphatic rings. The van der Waals surface area contributed by atoms with Gasteiger partial charge in [0.25, 0.3) is 0 Å². The smallest absolute Gasteiger partial charge is 0.191 e. The Morgan fingerprint density at radius 3 is 1.23 bits per heavy atom. The predicted molar refractivity (Wildman–Crippen MR) is 97.3 cm³/mol. The summed E-state index contributed by atoms with van der Waals surface area (Å²) in [4.78, 5) is 13.0. The van der Waals surface area contributed by atoms with Gasteiger partial charge < -0.3 is 21.3 Å². The molecule has 0 heterocycles. The second-order valence-corrected chi connectivity index (χ2v) is 5.24. The summed E-state index contributed by atoms with van der Waals surface area (Å²) in [5, 5.41) is 0. The maximum Gasteiger partial charge on any atom is 0.191 e. The first kappa shape index (κ1) is 20.5. The number of unbranched alkanes of at least 4 members (excludes halogenated alkanes) is 3. The van der Waals surface area contributed by atoms with Crippen LogP contribution < -0.4 is 11.5 Å². The third-order valence-electron chi connectivity index (χ3n) is 3.79. The molecule has 0 unspecified atom stereocenters. The zero-order valence-corrected chi connectivity index (χ0v) is 15.0. The van der Waals surface area contributed by atoms with E-state index >= 15 is 0 Å². The van der Waals surface area contributed by atoms with E-state index in [0.29, 0.717) is 11.9 Å². The van der Waals surface area contributed by atoms with Crippen LogP contribution in [0.3, 0.4) is 0 Å². The van der Waals surface area contributed by atoms with Crippen molar-refractivity contribution in [2.45, 2.75) is 53.4 Å². The second kappa shape index (κ2) is 13.2. The first-order valence-corrected chi connectivity index (χ1v) is 8.70. The molecule has 0 aromatic heterocycles. The van der Waals surface area contributed by atoms with Crippen LogP contribution in [0.2, 0.25) is 0 Å². The highest BCUT2D eigenvalue weighted by molar-refractivity contribution is 5.78. The topological polar surface area (TPSA) is 83.2 Å². The standard InChI is InChI=1S/C16H36N6/c1-5-21(6-2)15(17)19-13-11-9-10-12-14-20-16(18)22(7-3)8-4/h5-14H2,1-4H3,(H2,17,19)(H2,18,20). The van der Waals surface area contributed by atoms with Gasteiger partial charge in [-0.2, -0.15) is 0 Å². The molecule has 0 amide bonds. The number of aliphatic imine (C=N–C) groups is 2. The van der Waals surface area contributed by atoms with Gasteiger partial charge >= 0.3 is 0 Å². The Morgan fingerprint density at radius 1 is 0.636 bits per heavy atom. The van der Waals surface area contributed by atoms with Crippen LogP contribution in [0.1, 0.15) is 53.4 Å². The normalized spacial score (nSPS) is 12.5. The van der Waals surface area contributed by atoms with E-state index in [4.69, 9.17) is 11.5 Å². The summed E-state index contributed by atoms with van der Waals surface area (Å²) >= 11 is 0. The lowest BCUT2D eigenvalue weighted by molar-refractivity contribution is 0.456. The van der Waals surface area contributed by atoms with Crippen LogP contribution in [0.15, 0.2) is 9.98 Å². The summed E-state index contributed by atoms with van der Waals surface area (Å²) in [5.41, 5.74) is 11.9. The van der Waals surface area contributed by atoms with Gasteiger partial charge in [0.2, 0.25) is 0 Å². The molecule has 0 aromatic rings. The van der Waals surface area contributed by atoms with Gasteiger partial charge in [-0.1, -0.05) is 12.8 Å². The Balaban J connectivity index is 3.74. The molecular formula is C16H36N6. The molecule has 0 spiro atoms. The van der Waals surface area contributed by atoms with Gasteiger partial charge in [0, 0.05) is 39.3 Å². The van der Waals surface area contributed by atoms with Gasteiger partial charge in [-0.3, -0.25) is 9.98 Å². The van der Waals surface area contributed by atoms with Crippen LogP contribution in [0.25, 0.3) is 0 Å².